The molecule has 1 aliphatic rings. The number of benzene rings is 3. The van der Waals surface area contributed by atoms with Gasteiger partial charge >= 0.3 is 6.18 Å². The third-order valence-electron chi connectivity index (χ3n) is 4.31. The number of hydrogen-bond acceptors (Lipinski definition) is 3. The van der Waals surface area contributed by atoms with Gasteiger partial charge in [-0.1, -0.05) is 24.3 Å². The molecule has 0 radical (unpaired) electrons. The van der Waals surface area contributed by atoms with Crippen LogP contribution < -0.4 is 15.4 Å². The van der Waals surface area contributed by atoms with Gasteiger partial charge in [0.1, 0.15) is 5.75 Å². The fourth-order valence-corrected chi connectivity index (χ4v) is 2.97. The molecule has 0 saturated heterocycles. The molecule has 0 saturated carbocycles. The van der Waals surface area contributed by atoms with E-state index in [-0.39, 0.29) is 17.0 Å². The summed E-state index contributed by atoms with van der Waals surface area (Å²) in [6.07, 6.45) is -4.67. The van der Waals surface area contributed by atoms with Gasteiger partial charge < -0.3 is 15.4 Å². The molecule has 1 aliphatic heterocycles. The summed E-state index contributed by atoms with van der Waals surface area (Å²) < 4.78 is 45.2. The number of carbonyl (C=O) groups excluding carboxylic acids is 2. The second-order valence-electron chi connectivity index (χ2n) is 6.26. The van der Waals surface area contributed by atoms with E-state index in [1.54, 1.807) is 24.3 Å². The number of carbonyl (C=O) groups is 2. The van der Waals surface area contributed by atoms with Crippen molar-refractivity contribution in [1.82, 2.24) is 0 Å². The van der Waals surface area contributed by atoms with Crippen LogP contribution in [-0.4, -0.2) is 11.8 Å². The average Bonchev–Trinajstić information content (AvgIpc) is 2.83. The Hall–Kier alpha value is -3.81. The molecular formula is C21H13F3N2O3. The first-order valence-electron chi connectivity index (χ1n) is 8.53. The second kappa shape index (κ2) is 6.97. The lowest BCUT2D eigenvalue weighted by molar-refractivity contribution is -0.137. The number of amides is 2. The zero-order valence-corrected chi connectivity index (χ0v) is 14.7. The minimum absolute atomic E-state index is 0.142. The third-order valence-corrected chi connectivity index (χ3v) is 4.31. The predicted octanol–water partition coefficient (Wildman–Crippen LogP) is 5.32. The van der Waals surface area contributed by atoms with Gasteiger partial charge in [-0.05, 0) is 42.5 Å². The zero-order valence-electron chi connectivity index (χ0n) is 14.7. The van der Waals surface area contributed by atoms with Gasteiger partial charge in [-0.15, -0.1) is 0 Å². The van der Waals surface area contributed by atoms with Gasteiger partial charge in [0.2, 0.25) is 0 Å². The lowest BCUT2D eigenvalue weighted by atomic mass is 10.1. The smallest absolute Gasteiger partial charge is 0.417 e. The van der Waals surface area contributed by atoms with Crippen LogP contribution in [0.2, 0.25) is 0 Å². The van der Waals surface area contributed by atoms with Crippen LogP contribution in [0.15, 0.2) is 66.7 Å². The van der Waals surface area contributed by atoms with Gasteiger partial charge in [-0.2, -0.15) is 13.2 Å². The molecule has 0 aromatic heterocycles. The highest BCUT2D eigenvalue weighted by molar-refractivity contribution is 6.10. The number of alkyl halides is 3. The zero-order chi connectivity index (χ0) is 20.6. The summed E-state index contributed by atoms with van der Waals surface area (Å²) in [5.41, 5.74) is -0.760. The van der Waals surface area contributed by atoms with Gasteiger partial charge in [0.15, 0.2) is 5.75 Å². The maximum absolute atomic E-state index is 13.1. The van der Waals surface area contributed by atoms with E-state index < -0.39 is 29.1 Å². The molecule has 146 valence electrons. The SMILES string of the molecule is O=C1Nc2ccccc2Oc2ccc(NC(=O)c3ccccc3C(F)(F)F)cc21. The number of ether oxygens (including phenoxy) is 1. The first kappa shape index (κ1) is 18.5. The van der Waals surface area contributed by atoms with Crippen LogP contribution in [-0.2, 0) is 6.18 Å². The number of para-hydroxylation sites is 2. The molecular weight excluding hydrogens is 385 g/mol. The molecule has 4 rings (SSSR count). The van der Waals surface area contributed by atoms with E-state index in [0.29, 0.717) is 11.4 Å². The fourth-order valence-electron chi connectivity index (χ4n) is 2.97. The second-order valence-corrected chi connectivity index (χ2v) is 6.26. The van der Waals surface area contributed by atoms with E-state index in [2.05, 4.69) is 10.6 Å². The quantitative estimate of drug-likeness (QED) is 0.614. The summed E-state index contributed by atoms with van der Waals surface area (Å²) in [5, 5.41) is 5.10. The molecule has 8 heteroatoms. The molecule has 0 fully saturated rings. The molecule has 3 aromatic carbocycles. The first-order valence-corrected chi connectivity index (χ1v) is 8.53. The molecule has 2 N–H and O–H groups in total. The van der Waals surface area contributed by atoms with E-state index in [1.165, 1.54) is 30.3 Å². The number of nitrogens with one attached hydrogen (secondary N) is 2. The molecule has 0 bridgehead atoms. The minimum Gasteiger partial charge on any atom is -0.454 e. The normalized spacial score (nSPS) is 12.7. The summed E-state index contributed by atoms with van der Waals surface area (Å²) in [6.45, 7) is 0. The van der Waals surface area contributed by atoms with E-state index in [0.717, 1.165) is 12.1 Å². The van der Waals surface area contributed by atoms with Crippen LogP contribution in [0.5, 0.6) is 11.5 Å². The number of rotatable bonds is 2. The van der Waals surface area contributed by atoms with Crippen molar-refractivity contribution in [3.8, 4) is 11.5 Å². The number of fused-ring (bicyclic) bond motifs is 2. The van der Waals surface area contributed by atoms with Gasteiger partial charge in [-0.3, -0.25) is 9.59 Å². The molecule has 1 heterocycles. The summed E-state index contributed by atoms with van der Waals surface area (Å²) in [4.78, 5) is 24.9. The maximum Gasteiger partial charge on any atom is 0.417 e. The Morgan fingerprint density at radius 2 is 1.66 bits per heavy atom. The molecule has 0 spiro atoms. The molecule has 0 atom stereocenters. The number of hydrogen-bond donors (Lipinski definition) is 2. The van der Waals surface area contributed by atoms with E-state index in [1.807, 2.05) is 0 Å². The van der Waals surface area contributed by atoms with Crippen LogP contribution in [0.1, 0.15) is 26.3 Å². The standard InChI is InChI=1S/C21H13F3N2O3/c22-21(23,24)15-6-2-1-5-13(15)19(27)25-12-9-10-17-14(11-12)20(28)26-16-7-3-4-8-18(16)29-17/h1-11H,(H,25,27)(H,26,28). The highest BCUT2D eigenvalue weighted by Crippen LogP contribution is 2.37. The highest BCUT2D eigenvalue weighted by atomic mass is 19.4. The van der Waals surface area contributed by atoms with E-state index in [9.17, 15) is 22.8 Å². The monoisotopic (exact) mass is 398 g/mol. The van der Waals surface area contributed by atoms with Crippen LogP contribution in [0.25, 0.3) is 0 Å². The summed E-state index contributed by atoms with van der Waals surface area (Å²) in [6, 6.07) is 15.6. The van der Waals surface area contributed by atoms with Gasteiger partial charge in [0.25, 0.3) is 11.8 Å². The molecule has 3 aromatic rings. The Morgan fingerprint density at radius 3 is 2.45 bits per heavy atom. The average molecular weight is 398 g/mol. The Bertz CT molecular complexity index is 1130. The van der Waals surface area contributed by atoms with E-state index in [4.69, 9.17) is 4.74 Å². The Balaban J connectivity index is 1.64. The lowest BCUT2D eigenvalue weighted by Crippen LogP contribution is -2.19. The Morgan fingerprint density at radius 1 is 0.931 bits per heavy atom. The maximum atomic E-state index is 13.1. The Kier molecular flexibility index (Phi) is 4.46. The summed E-state index contributed by atoms with van der Waals surface area (Å²) in [5.74, 6) is -0.676. The summed E-state index contributed by atoms with van der Waals surface area (Å²) >= 11 is 0. The first-order chi connectivity index (χ1) is 13.8. The Labute approximate surface area is 163 Å². The van der Waals surface area contributed by atoms with Crippen molar-refractivity contribution in [3.63, 3.8) is 0 Å². The van der Waals surface area contributed by atoms with Crippen LogP contribution in [0, 0.1) is 0 Å². The highest BCUT2D eigenvalue weighted by Gasteiger charge is 2.35. The van der Waals surface area contributed by atoms with Crippen LogP contribution in [0.4, 0.5) is 24.5 Å². The lowest BCUT2D eigenvalue weighted by Gasteiger charge is -2.13. The van der Waals surface area contributed by atoms with Crippen molar-refractivity contribution >= 4 is 23.2 Å². The molecule has 0 aliphatic carbocycles. The molecule has 5 nitrogen and oxygen atoms in total. The van der Waals surface area contributed by atoms with Crippen LogP contribution >= 0.6 is 0 Å². The van der Waals surface area contributed by atoms with Crippen LogP contribution in [0.3, 0.4) is 0 Å². The van der Waals surface area contributed by atoms with E-state index >= 15 is 0 Å². The molecule has 0 unspecified atom stereocenters. The topological polar surface area (TPSA) is 67.4 Å². The fraction of sp³-hybridized carbons (Fsp3) is 0.0476. The van der Waals surface area contributed by atoms with Gasteiger partial charge in [0, 0.05) is 5.69 Å². The summed E-state index contributed by atoms with van der Waals surface area (Å²) in [7, 11) is 0. The predicted molar refractivity (Wildman–Crippen MR) is 100 cm³/mol. The molecule has 2 amide bonds. The number of halogens is 3. The van der Waals surface area contributed by atoms with Crippen molar-refractivity contribution in [2.24, 2.45) is 0 Å². The van der Waals surface area contributed by atoms with Crippen molar-refractivity contribution in [3.05, 3.63) is 83.4 Å². The number of anilines is 2. The van der Waals surface area contributed by atoms with Gasteiger partial charge in [-0.25, -0.2) is 0 Å². The minimum atomic E-state index is -4.67. The van der Waals surface area contributed by atoms with Crippen molar-refractivity contribution in [2.75, 3.05) is 10.6 Å². The van der Waals surface area contributed by atoms with Crippen molar-refractivity contribution in [1.29, 1.82) is 0 Å². The molecule has 29 heavy (non-hydrogen) atoms. The largest absolute Gasteiger partial charge is 0.454 e. The third kappa shape index (κ3) is 3.64. The van der Waals surface area contributed by atoms with Crippen molar-refractivity contribution < 1.29 is 27.5 Å². The van der Waals surface area contributed by atoms with Gasteiger partial charge in [0.05, 0.1) is 22.4 Å². The van der Waals surface area contributed by atoms with Crippen molar-refractivity contribution in [2.45, 2.75) is 6.18 Å².